The van der Waals surface area contributed by atoms with E-state index in [1.165, 1.54) is 74.6 Å². The summed E-state index contributed by atoms with van der Waals surface area (Å²) in [4.78, 5) is 4.53. The Labute approximate surface area is 343 Å². The lowest BCUT2D eigenvalue weighted by molar-refractivity contribution is 0.627. The monoisotopic (exact) mass is 774 g/mol. The molecule has 0 radical (unpaired) electrons. The Hall–Kier alpha value is -6.46. The first-order valence-corrected chi connectivity index (χ1v) is 21.2. The molecule has 1 aromatic heterocycles. The van der Waals surface area contributed by atoms with Crippen molar-refractivity contribution in [1.29, 1.82) is 0 Å². The van der Waals surface area contributed by atoms with Crippen LogP contribution in [0, 0.1) is 11.6 Å². The molecule has 0 atom stereocenters. The van der Waals surface area contributed by atoms with Crippen LogP contribution in [0.25, 0.3) is 43.5 Å². The molecule has 0 unspecified atom stereocenters. The number of fused-ring (bicyclic) bond motifs is 7. The van der Waals surface area contributed by atoms with Gasteiger partial charge in [-0.2, -0.15) is 0 Å². The van der Waals surface area contributed by atoms with E-state index >= 15 is 0 Å². The minimum Gasteiger partial charge on any atom is -0.455 e. The summed E-state index contributed by atoms with van der Waals surface area (Å²) in [7, 11) is 0. The zero-order chi connectivity index (χ0) is 39.5. The summed E-state index contributed by atoms with van der Waals surface area (Å²) in [6.07, 6.45) is 9.85. The molecule has 3 nitrogen and oxygen atoms in total. The molecule has 5 heteroatoms. The first-order valence-electron chi connectivity index (χ1n) is 21.2. The fraction of sp³-hybridized carbons (Fsp3) is 0.185. The predicted molar refractivity (Wildman–Crippen MR) is 240 cm³/mol. The number of halogens is 2. The second-order valence-electron chi connectivity index (χ2n) is 16.5. The second-order valence-corrected chi connectivity index (χ2v) is 16.5. The van der Waals surface area contributed by atoms with Gasteiger partial charge in [0.1, 0.15) is 22.8 Å². The number of anilines is 6. The van der Waals surface area contributed by atoms with Gasteiger partial charge in [-0.1, -0.05) is 98.5 Å². The van der Waals surface area contributed by atoms with Gasteiger partial charge in [0, 0.05) is 55.7 Å². The minimum atomic E-state index is -0.270. The summed E-state index contributed by atoms with van der Waals surface area (Å²) >= 11 is 0. The summed E-state index contributed by atoms with van der Waals surface area (Å²) in [6, 6.07) is 52.9. The maximum absolute atomic E-state index is 14.5. The number of rotatable bonds is 8. The fourth-order valence-corrected chi connectivity index (χ4v) is 10.2. The van der Waals surface area contributed by atoms with Gasteiger partial charge in [-0.15, -0.1) is 0 Å². The fourth-order valence-electron chi connectivity index (χ4n) is 10.2. The molecule has 2 aliphatic rings. The number of furan rings is 1. The topological polar surface area (TPSA) is 19.6 Å². The van der Waals surface area contributed by atoms with Crippen LogP contribution in [0.1, 0.15) is 74.3 Å². The van der Waals surface area contributed by atoms with E-state index in [4.69, 9.17) is 4.42 Å². The summed E-state index contributed by atoms with van der Waals surface area (Å²) in [5, 5.41) is 6.20. The lowest BCUT2D eigenvalue weighted by atomic mass is 9.95. The standard InChI is InChI=1S/C54H44F2N2O/c55-39-23-27-41(28-24-39)57(43-17-9-15-37(31-43)35-11-1-2-12-35)50-33-49-53-47-21-7-5-19-45(47)51(34-52(53)59-54(49)48-22-8-6-20-46(48)50)58(42-29-25-40(56)26-30-42)44-18-10-16-38(32-44)36-13-3-4-14-36/h5-10,15-36H,1-4,11-14H2. The number of benzene rings is 8. The normalized spacial score (nSPS) is 14.9. The Balaban J connectivity index is 1.16. The van der Waals surface area contributed by atoms with Crippen LogP contribution in [-0.4, -0.2) is 0 Å². The van der Waals surface area contributed by atoms with Crippen LogP contribution in [0.3, 0.4) is 0 Å². The van der Waals surface area contributed by atoms with E-state index in [1.54, 1.807) is 12.1 Å². The third-order valence-electron chi connectivity index (χ3n) is 13.0. The van der Waals surface area contributed by atoms with E-state index in [9.17, 15) is 8.78 Å². The molecule has 11 rings (SSSR count). The third kappa shape index (κ3) is 6.31. The van der Waals surface area contributed by atoms with Crippen molar-refractivity contribution in [2.24, 2.45) is 0 Å². The highest BCUT2D eigenvalue weighted by Gasteiger charge is 2.26. The highest BCUT2D eigenvalue weighted by molar-refractivity contribution is 6.27. The van der Waals surface area contributed by atoms with Gasteiger partial charge in [0.2, 0.25) is 0 Å². The van der Waals surface area contributed by atoms with E-state index in [0.29, 0.717) is 11.8 Å². The Kier molecular flexibility index (Phi) is 8.91. The van der Waals surface area contributed by atoms with Crippen molar-refractivity contribution in [3.63, 3.8) is 0 Å². The van der Waals surface area contributed by atoms with Crippen LogP contribution in [0.5, 0.6) is 0 Å². The molecule has 0 bridgehead atoms. The van der Waals surface area contributed by atoms with E-state index in [2.05, 4.69) is 119 Å². The highest BCUT2D eigenvalue weighted by Crippen LogP contribution is 2.50. The van der Waals surface area contributed by atoms with E-state index < -0.39 is 0 Å². The Morgan fingerprint density at radius 3 is 1.39 bits per heavy atom. The maximum atomic E-state index is 14.5. The van der Waals surface area contributed by atoms with Gasteiger partial charge in [0.05, 0.1) is 11.4 Å². The number of hydrogen-bond donors (Lipinski definition) is 0. The summed E-state index contributed by atoms with van der Waals surface area (Å²) in [5.41, 5.74) is 10.1. The molecule has 2 saturated carbocycles. The van der Waals surface area contributed by atoms with Crippen molar-refractivity contribution in [3.05, 3.63) is 180 Å². The Morgan fingerprint density at radius 1 is 0.407 bits per heavy atom. The molecule has 290 valence electrons. The summed E-state index contributed by atoms with van der Waals surface area (Å²) in [5.74, 6) is 0.550. The quantitative estimate of drug-likeness (QED) is 0.153. The SMILES string of the molecule is Fc1ccc(N(c2cccc(C3CCCC3)c2)c2cc3c(oc4cc(N(c5ccc(F)cc5)c5cccc(C6CCCC6)c5)c5ccccc5c43)c3ccccc23)cc1. The Morgan fingerprint density at radius 2 is 0.864 bits per heavy atom. The molecule has 9 aromatic rings. The van der Waals surface area contributed by atoms with Crippen LogP contribution in [0.2, 0.25) is 0 Å². The van der Waals surface area contributed by atoms with Gasteiger partial charge >= 0.3 is 0 Å². The first kappa shape index (κ1) is 35.7. The number of hydrogen-bond acceptors (Lipinski definition) is 3. The summed E-state index contributed by atoms with van der Waals surface area (Å²) in [6.45, 7) is 0. The molecule has 2 aliphatic carbocycles. The highest BCUT2D eigenvalue weighted by atomic mass is 19.1. The van der Waals surface area contributed by atoms with Gasteiger partial charge in [-0.25, -0.2) is 8.78 Å². The number of nitrogens with zero attached hydrogens (tertiary/aromatic N) is 2. The smallest absolute Gasteiger partial charge is 0.143 e. The average Bonchev–Trinajstić information content (AvgIpc) is 4.09. The van der Waals surface area contributed by atoms with Crippen LogP contribution >= 0.6 is 0 Å². The maximum Gasteiger partial charge on any atom is 0.143 e. The van der Waals surface area contributed by atoms with Gasteiger partial charge in [-0.05, 0) is 133 Å². The Bertz CT molecular complexity index is 2990. The second kappa shape index (κ2) is 14.7. The minimum absolute atomic E-state index is 0.267. The zero-order valence-electron chi connectivity index (χ0n) is 32.9. The van der Waals surface area contributed by atoms with Crippen molar-refractivity contribution in [2.75, 3.05) is 9.80 Å². The molecule has 0 spiro atoms. The molecule has 1 heterocycles. The molecule has 0 saturated heterocycles. The van der Waals surface area contributed by atoms with E-state index in [1.807, 2.05) is 24.3 Å². The zero-order valence-corrected chi connectivity index (χ0v) is 32.9. The van der Waals surface area contributed by atoms with Crippen molar-refractivity contribution in [1.82, 2.24) is 0 Å². The lowest BCUT2D eigenvalue weighted by Gasteiger charge is -2.28. The van der Waals surface area contributed by atoms with Gasteiger partial charge in [0.25, 0.3) is 0 Å². The van der Waals surface area contributed by atoms with Crippen LogP contribution in [0.4, 0.5) is 42.9 Å². The van der Waals surface area contributed by atoms with Crippen LogP contribution < -0.4 is 9.80 Å². The molecule has 0 amide bonds. The molecular formula is C54H44F2N2O. The van der Waals surface area contributed by atoms with Gasteiger partial charge in [0.15, 0.2) is 0 Å². The van der Waals surface area contributed by atoms with E-state index in [-0.39, 0.29) is 11.6 Å². The van der Waals surface area contributed by atoms with Gasteiger partial charge in [-0.3, -0.25) is 0 Å². The predicted octanol–water partition coefficient (Wildman–Crippen LogP) is 16.4. The molecule has 0 N–H and O–H groups in total. The van der Waals surface area contributed by atoms with Crippen molar-refractivity contribution in [3.8, 4) is 0 Å². The molecule has 59 heavy (non-hydrogen) atoms. The molecular weight excluding hydrogens is 731 g/mol. The van der Waals surface area contributed by atoms with Crippen molar-refractivity contribution >= 4 is 77.6 Å². The van der Waals surface area contributed by atoms with Crippen molar-refractivity contribution in [2.45, 2.75) is 63.2 Å². The largest absolute Gasteiger partial charge is 0.455 e. The summed E-state index contributed by atoms with van der Waals surface area (Å²) < 4.78 is 36.1. The molecule has 8 aromatic carbocycles. The van der Waals surface area contributed by atoms with Crippen LogP contribution in [-0.2, 0) is 0 Å². The third-order valence-corrected chi connectivity index (χ3v) is 13.0. The first-order chi connectivity index (χ1) is 29.1. The molecule has 0 aliphatic heterocycles. The molecule has 2 fully saturated rings. The van der Waals surface area contributed by atoms with Crippen LogP contribution in [0.15, 0.2) is 162 Å². The average molecular weight is 775 g/mol. The van der Waals surface area contributed by atoms with Crippen molar-refractivity contribution < 1.29 is 13.2 Å². The van der Waals surface area contributed by atoms with E-state index in [0.717, 1.165) is 77.6 Å². The lowest BCUT2D eigenvalue weighted by Crippen LogP contribution is -2.11. The van der Waals surface area contributed by atoms with Gasteiger partial charge < -0.3 is 14.2 Å².